The molecule has 0 saturated carbocycles. The highest BCUT2D eigenvalue weighted by atomic mass is 16.5. The molecule has 6 nitrogen and oxygen atoms in total. The quantitative estimate of drug-likeness (QED) is 0.827. The van der Waals surface area contributed by atoms with Crippen molar-refractivity contribution in [2.45, 2.75) is 39.5 Å². The number of hydrogen-bond donors (Lipinski definition) is 1. The van der Waals surface area contributed by atoms with Gasteiger partial charge in [0.15, 0.2) is 11.2 Å². The standard InChI is InChI=1S/C12H16N4O2/c1-6-4-9(18-7(6)2)16-5-13-10-11(16)14-8(3)15-12(10)17/h5-7,9H,4H2,1-3H3,(H,14,15,17)/t6-,7?,9?/m1/s1. The van der Waals surface area contributed by atoms with E-state index in [4.69, 9.17) is 4.74 Å². The van der Waals surface area contributed by atoms with E-state index in [0.717, 1.165) is 6.42 Å². The van der Waals surface area contributed by atoms with Gasteiger partial charge in [-0.25, -0.2) is 9.97 Å². The summed E-state index contributed by atoms with van der Waals surface area (Å²) in [6, 6.07) is 0. The number of rotatable bonds is 1. The number of nitrogens with zero attached hydrogens (tertiary/aromatic N) is 3. The van der Waals surface area contributed by atoms with Gasteiger partial charge in [0.05, 0.1) is 12.4 Å². The molecule has 3 atom stereocenters. The van der Waals surface area contributed by atoms with E-state index in [-0.39, 0.29) is 17.9 Å². The zero-order chi connectivity index (χ0) is 12.9. The topological polar surface area (TPSA) is 72.8 Å². The van der Waals surface area contributed by atoms with Gasteiger partial charge in [0.25, 0.3) is 5.56 Å². The first-order chi connectivity index (χ1) is 8.56. The molecule has 6 heteroatoms. The summed E-state index contributed by atoms with van der Waals surface area (Å²) in [6.45, 7) is 5.99. The van der Waals surface area contributed by atoms with Crippen LogP contribution < -0.4 is 5.56 Å². The Labute approximate surface area is 104 Å². The monoisotopic (exact) mass is 248 g/mol. The summed E-state index contributed by atoms with van der Waals surface area (Å²) >= 11 is 0. The number of ether oxygens (including phenoxy) is 1. The van der Waals surface area contributed by atoms with Crippen LogP contribution >= 0.6 is 0 Å². The van der Waals surface area contributed by atoms with Gasteiger partial charge in [-0.15, -0.1) is 0 Å². The first-order valence-electron chi connectivity index (χ1n) is 6.15. The van der Waals surface area contributed by atoms with E-state index >= 15 is 0 Å². The molecular formula is C12H16N4O2. The minimum absolute atomic E-state index is 0.0753. The van der Waals surface area contributed by atoms with E-state index in [1.165, 1.54) is 0 Å². The highest BCUT2D eigenvalue weighted by molar-refractivity contribution is 5.69. The number of H-pyrrole nitrogens is 1. The maximum absolute atomic E-state index is 11.7. The van der Waals surface area contributed by atoms with Crippen molar-refractivity contribution in [1.82, 2.24) is 19.5 Å². The number of fused-ring (bicyclic) bond motifs is 1. The van der Waals surface area contributed by atoms with Crippen LogP contribution in [-0.4, -0.2) is 25.6 Å². The van der Waals surface area contributed by atoms with Crippen molar-refractivity contribution in [3.05, 3.63) is 22.5 Å². The molecule has 3 rings (SSSR count). The number of imidazole rings is 1. The van der Waals surface area contributed by atoms with Crippen LogP contribution in [0.15, 0.2) is 11.1 Å². The van der Waals surface area contributed by atoms with Gasteiger partial charge in [-0.3, -0.25) is 9.36 Å². The summed E-state index contributed by atoms with van der Waals surface area (Å²) in [5.74, 6) is 1.09. The van der Waals surface area contributed by atoms with Gasteiger partial charge in [-0.2, -0.15) is 0 Å². The average molecular weight is 248 g/mol. The van der Waals surface area contributed by atoms with Crippen molar-refractivity contribution in [2.24, 2.45) is 5.92 Å². The van der Waals surface area contributed by atoms with E-state index in [9.17, 15) is 4.79 Å². The molecule has 3 heterocycles. The minimum atomic E-state index is -0.199. The third-order valence-electron chi connectivity index (χ3n) is 3.61. The lowest BCUT2D eigenvalue weighted by Crippen LogP contribution is -2.13. The first kappa shape index (κ1) is 11.4. The first-order valence-corrected chi connectivity index (χ1v) is 6.15. The molecule has 1 N–H and O–H groups in total. The summed E-state index contributed by atoms with van der Waals surface area (Å²) in [5, 5.41) is 0. The van der Waals surface area contributed by atoms with Gasteiger partial charge in [-0.05, 0) is 26.2 Å². The zero-order valence-electron chi connectivity index (χ0n) is 10.7. The Morgan fingerprint density at radius 2 is 2.28 bits per heavy atom. The van der Waals surface area contributed by atoms with Crippen LogP contribution in [0, 0.1) is 12.8 Å². The summed E-state index contributed by atoms with van der Waals surface area (Å²) in [7, 11) is 0. The number of aromatic nitrogens is 4. The summed E-state index contributed by atoms with van der Waals surface area (Å²) in [6.07, 6.45) is 2.70. The van der Waals surface area contributed by atoms with Crippen LogP contribution in [0.4, 0.5) is 0 Å². The predicted octanol–water partition coefficient (Wildman–Crippen LogP) is 1.37. The minimum Gasteiger partial charge on any atom is -0.355 e. The lowest BCUT2D eigenvalue weighted by atomic mass is 10.1. The van der Waals surface area contributed by atoms with E-state index in [1.54, 1.807) is 13.3 Å². The van der Waals surface area contributed by atoms with Crippen LogP contribution in [0.2, 0.25) is 0 Å². The van der Waals surface area contributed by atoms with Gasteiger partial charge in [-0.1, -0.05) is 6.92 Å². The van der Waals surface area contributed by atoms with Crippen LogP contribution in [0.3, 0.4) is 0 Å². The smallest absolute Gasteiger partial charge is 0.279 e. The molecule has 1 saturated heterocycles. The van der Waals surface area contributed by atoms with Crippen molar-refractivity contribution in [2.75, 3.05) is 0 Å². The number of aryl methyl sites for hydroxylation is 1. The third kappa shape index (κ3) is 1.64. The van der Waals surface area contributed by atoms with Gasteiger partial charge in [0.1, 0.15) is 12.1 Å². The molecule has 2 aromatic heterocycles. The third-order valence-corrected chi connectivity index (χ3v) is 3.61. The van der Waals surface area contributed by atoms with Crippen molar-refractivity contribution in [1.29, 1.82) is 0 Å². The molecule has 0 radical (unpaired) electrons. The Morgan fingerprint density at radius 1 is 1.50 bits per heavy atom. The second-order valence-electron chi connectivity index (χ2n) is 4.98. The van der Waals surface area contributed by atoms with E-state index < -0.39 is 0 Å². The second-order valence-corrected chi connectivity index (χ2v) is 4.98. The lowest BCUT2D eigenvalue weighted by molar-refractivity contribution is 0.00796. The van der Waals surface area contributed by atoms with Crippen molar-refractivity contribution in [3.63, 3.8) is 0 Å². The van der Waals surface area contributed by atoms with Crippen LogP contribution in [0.25, 0.3) is 11.2 Å². The maximum atomic E-state index is 11.7. The molecule has 18 heavy (non-hydrogen) atoms. The number of nitrogens with one attached hydrogen (secondary N) is 1. The predicted molar refractivity (Wildman–Crippen MR) is 66.3 cm³/mol. The number of hydrogen-bond acceptors (Lipinski definition) is 4. The van der Waals surface area contributed by atoms with E-state index in [1.807, 2.05) is 4.57 Å². The van der Waals surface area contributed by atoms with Crippen molar-refractivity contribution in [3.8, 4) is 0 Å². The van der Waals surface area contributed by atoms with Crippen LogP contribution in [0.1, 0.15) is 32.3 Å². The molecule has 0 aromatic carbocycles. The van der Waals surface area contributed by atoms with Gasteiger partial charge < -0.3 is 9.72 Å². The van der Waals surface area contributed by atoms with Gasteiger partial charge in [0.2, 0.25) is 0 Å². The second kappa shape index (κ2) is 3.91. The van der Waals surface area contributed by atoms with Crippen molar-refractivity contribution >= 4 is 11.2 Å². The Bertz CT molecular complexity index is 635. The van der Waals surface area contributed by atoms with Gasteiger partial charge >= 0.3 is 0 Å². The highest BCUT2D eigenvalue weighted by Crippen LogP contribution is 2.33. The number of aromatic amines is 1. The fraction of sp³-hybridized carbons (Fsp3) is 0.583. The average Bonchev–Trinajstić information content (AvgIpc) is 2.83. The largest absolute Gasteiger partial charge is 0.355 e. The molecule has 0 spiro atoms. The van der Waals surface area contributed by atoms with E-state index in [0.29, 0.717) is 22.9 Å². The maximum Gasteiger partial charge on any atom is 0.279 e. The van der Waals surface area contributed by atoms with Crippen molar-refractivity contribution < 1.29 is 4.74 Å². The molecule has 0 bridgehead atoms. The van der Waals surface area contributed by atoms with E-state index in [2.05, 4.69) is 28.8 Å². The lowest BCUT2D eigenvalue weighted by Gasteiger charge is -2.12. The van der Waals surface area contributed by atoms with Crippen LogP contribution in [-0.2, 0) is 4.74 Å². The highest BCUT2D eigenvalue weighted by Gasteiger charge is 2.31. The molecule has 1 aliphatic rings. The van der Waals surface area contributed by atoms with Crippen LogP contribution in [0.5, 0.6) is 0 Å². The Kier molecular flexibility index (Phi) is 2.48. The normalized spacial score (nSPS) is 28.1. The molecule has 0 aliphatic carbocycles. The molecule has 1 fully saturated rings. The molecule has 0 amide bonds. The fourth-order valence-electron chi connectivity index (χ4n) is 2.37. The molecule has 2 aromatic rings. The Hall–Kier alpha value is -1.69. The molecule has 2 unspecified atom stereocenters. The SMILES string of the molecule is Cc1nc2c(ncn2C2C[C@@H](C)C(C)O2)c(=O)[nH]1. The Morgan fingerprint density at radius 3 is 2.94 bits per heavy atom. The molecule has 1 aliphatic heterocycles. The molecule has 96 valence electrons. The fourth-order valence-corrected chi connectivity index (χ4v) is 2.37. The molecular weight excluding hydrogens is 232 g/mol. The summed E-state index contributed by atoms with van der Waals surface area (Å²) in [5.41, 5.74) is 0.773. The zero-order valence-corrected chi connectivity index (χ0v) is 10.7. The van der Waals surface area contributed by atoms with Gasteiger partial charge in [0, 0.05) is 0 Å². The Balaban J connectivity index is 2.11. The summed E-state index contributed by atoms with van der Waals surface area (Å²) < 4.78 is 7.74. The summed E-state index contributed by atoms with van der Waals surface area (Å²) in [4.78, 5) is 22.9.